The van der Waals surface area contributed by atoms with Crippen LogP contribution in [0.3, 0.4) is 0 Å². The second-order valence-electron chi connectivity index (χ2n) is 9.84. The minimum Gasteiger partial charge on any atom is -0.454 e. The predicted octanol–water partition coefficient (Wildman–Crippen LogP) is 10.9. The van der Waals surface area contributed by atoms with Gasteiger partial charge in [-0.3, -0.25) is 0 Å². The summed E-state index contributed by atoms with van der Waals surface area (Å²) >= 11 is 1.87. The molecule has 0 radical (unpaired) electrons. The summed E-state index contributed by atoms with van der Waals surface area (Å²) in [5.41, 5.74) is 6.32. The van der Waals surface area contributed by atoms with Gasteiger partial charge in [0.15, 0.2) is 5.58 Å². The van der Waals surface area contributed by atoms with Crippen LogP contribution in [0.25, 0.3) is 52.9 Å². The van der Waals surface area contributed by atoms with Crippen molar-refractivity contribution in [1.82, 2.24) is 0 Å². The van der Waals surface area contributed by atoms with E-state index in [-0.39, 0.29) is 0 Å². The zero-order valence-corrected chi connectivity index (χ0v) is 21.6. The summed E-state index contributed by atoms with van der Waals surface area (Å²) in [6.07, 6.45) is 0. The highest BCUT2D eigenvalue weighted by molar-refractivity contribution is 7.26. The van der Waals surface area contributed by atoms with Gasteiger partial charge in [0, 0.05) is 47.4 Å². The molecule has 0 fully saturated rings. The molecule has 38 heavy (non-hydrogen) atoms. The lowest BCUT2D eigenvalue weighted by Crippen LogP contribution is -2.11. The number of nitrogens with zero attached hydrogens (tertiary/aromatic N) is 1. The fourth-order valence-corrected chi connectivity index (χ4v) is 7.02. The molecule has 0 saturated heterocycles. The summed E-state index contributed by atoms with van der Waals surface area (Å²) in [5, 5.41) is 7.34. The number of hydrogen-bond donors (Lipinski definition) is 0. The number of benzene rings is 6. The molecule has 0 unspecified atom stereocenters. The van der Waals surface area contributed by atoms with Crippen molar-refractivity contribution in [3.63, 3.8) is 0 Å². The molecule has 0 aliphatic rings. The molecular formula is C35H23NOS. The van der Waals surface area contributed by atoms with Gasteiger partial charge in [-0.25, -0.2) is 0 Å². The smallest absolute Gasteiger partial charge is 0.159 e. The zero-order valence-electron chi connectivity index (χ0n) is 20.8. The Morgan fingerprint density at radius 1 is 0.553 bits per heavy atom. The van der Waals surface area contributed by atoms with Gasteiger partial charge in [-0.15, -0.1) is 11.3 Å². The van der Waals surface area contributed by atoms with Crippen LogP contribution < -0.4 is 4.90 Å². The average molecular weight is 506 g/mol. The van der Waals surface area contributed by atoms with Crippen LogP contribution in [0.5, 0.6) is 0 Å². The summed E-state index contributed by atoms with van der Waals surface area (Å²) in [5.74, 6) is 0. The molecule has 0 N–H and O–H groups in total. The largest absolute Gasteiger partial charge is 0.454 e. The maximum absolute atomic E-state index is 6.55. The third kappa shape index (κ3) is 3.12. The number of furan rings is 1. The van der Waals surface area contributed by atoms with E-state index < -0.39 is 0 Å². The van der Waals surface area contributed by atoms with Crippen molar-refractivity contribution in [2.45, 2.75) is 6.92 Å². The van der Waals surface area contributed by atoms with Crippen LogP contribution in [0, 0.1) is 6.92 Å². The number of hydrogen-bond acceptors (Lipinski definition) is 3. The molecule has 8 aromatic rings. The topological polar surface area (TPSA) is 16.4 Å². The van der Waals surface area contributed by atoms with E-state index in [9.17, 15) is 0 Å². The Morgan fingerprint density at radius 3 is 2.13 bits per heavy atom. The van der Waals surface area contributed by atoms with E-state index in [1.165, 1.54) is 36.5 Å². The van der Waals surface area contributed by atoms with Crippen molar-refractivity contribution in [3.05, 3.63) is 127 Å². The molecule has 2 nitrogen and oxygen atoms in total. The molecule has 0 aliphatic heterocycles. The SMILES string of the molecule is Cc1cccc(N(c2cc3c4ccccc4sc3c3ccccc23)c2cccc3c2oc2ccccc23)c1. The Labute approximate surface area is 224 Å². The molecular weight excluding hydrogens is 482 g/mol. The maximum atomic E-state index is 6.55. The van der Waals surface area contributed by atoms with Gasteiger partial charge in [-0.1, -0.05) is 84.9 Å². The first-order chi connectivity index (χ1) is 18.8. The van der Waals surface area contributed by atoms with E-state index in [1.807, 2.05) is 17.4 Å². The highest BCUT2D eigenvalue weighted by atomic mass is 32.1. The van der Waals surface area contributed by atoms with Crippen molar-refractivity contribution in [1.29, 1.82) is 0 Å². The lowest BCUT2D eigenvalue weighted by molar-refractivity contribution is 0.669. The van der Waals surface area contributed by atoms with Gasteiger partial charge in [-0.2, -0.15) is 0 Å². The van der Waals surface area contributed by atoms with E-state index in [0.717, 1.165) is 39.0 Å². The molecule has 6 aromatic carbocycles. The maximum Gasteiger partial charge on any atom is 0.159 e. The summed E-state index contributed by atoms with van der Waals surface area (Å²) < 4.78 is 9.19. The first-order valence-corrected chi connectivity index (χ1v) is 13.7. The number of para-hydroxylation sites is 2. The molecule has 0 amide bonds. The number of thiophene rings is 1. The van der Waals surface area contributed by atoms with Crippen LogP contribution in [0.15, 0.2) is 126 Å². The first-order valence-electron chi connectivity index (χ1n) is 12.9. The summed E-state index contributed by atoms with van der Waals surface area (Å²) in [6, 6.07) is 43.4. The van der Waals surface area contributed by atoms with E-state index in [0.29, 0.717) is 0 Å². The Bertz CT molecular complexity index is 2170. The standard InChI is InChI=1S/C35H23NOS/c1-22-10-8-11-23(20-22)36(30-17-9-16-27-25-13-4-6-18-32(25)37-34(27)30)31-21-29-26-14-5-7-19-33(26)38-35(29)28-15-3-2-12-24(28)31/h2-21H,1H3. The predicted molar refractivity (Wildman–Crippen MR) is 164 cm³/mol. The van der Waals surface area contributed by atoms with Crippen molar-refractivity contribution < 1.29 is 4.42 Å². The van der Waals surface area contributed by atoms with Gasteiger partial charge in [0.05, 0.1) is 11.4 Å². The summed E-state index contributed by atoms with van der Waals surface area (Å²) in [6.45, 7) is 2.15. The zero-order chi connectivity index (χ0) is 25.2. The number of fused-ring (bicyclic) bond motifs is 8. The van der Waals surface area contributed by atoms with Crippen LogP contribution in [0.4, 0.5) is 17.1 Å². The minimum atomic E-state index is 0.898. The molecule has 8 rings (SSSR count). The van der Waals surface area contributed by atoms with Gasteiger partial charge in [0.2, 0.25) is 0 Å². The van der Waals surface area contributed by atoms with Crippen molar-refractivity contribution in [3.8, 4) is 0 Å². The Hall–Kier alpha value is -4.60. The first kappa shape index (κ1) is 21.5. The molecule has 0 atom stereocenters. The van der Waals surface area contributed by atoms with Gasteiger partial charge < -0.3 is 9.32 Å². The fourth-order valence-electron chi connectivity index (χ4n) is 5.80. The normalized spacial score (nSPS) is 11.8. The van der Waals surface area contributed by atoms with Crippen LogP contribution in [0.1, 0.15) is 5.56 Å². The van der Waals surface area contributed by atoms with Crippen LogP contribution >= 0.6 is 11.3 Å². The minimum absolute atomic E-state index is 0.898. The lowest BCUT2D eigenvalue weighted by Gasteiger charge is -2.27. The Balaban J connectivity index is 1.53. The molecule has 2 heterocycles. The van der Waals surface area contributed by atoms with Crippen molar-refractivity contribution >= 4 is 81.3 Å². The molecule has 2 aromatic heterocycles. The number of anilines is 3. The second-order valence-corrected chi connectivity index (χ2v) is 10.9. The molecule has 3 heteroatoms. The monoisotopic (exact) mass is 505 g/mol. The molecule has 0 bridgehead atoms. The third-order valence-corrected chi connectivity index (χ3v) is 8.71. The van der Waals surface area contributed by atoms with E-state index >= 15 is 0 Å². The van der Waals surface area contributed by atoms with Crippen molar-refractivity contribution in [2.75, 3.05) is 4.90 Å². The van der Waals surface area contributed by atoms with Crippen molar-refractivity contribution in [2.24, 2.45) is 0 Å². The van der Waals surface area contributed by atoms with E-state index in [2.05, 4.69) is 127 Å². The number of rotatable bonds is 3. The van der Waals surface area contributed by atoms with E-state index in [1.54, 1.807) is 0 Å². The Morgan fingerprint density at radius 2 is 1.26 bits per heavy atom. The highest BCUT2D eigenvalue weighted by Crippen LogP contribution is 2.48. The third-order valence-electron chi connectivity index (χ3n) is 7.49. The highest BCUT2D eigenvalue weighted by Gasteiger charge is 2.22. The van der Waals surface area contributed by atoms with Crippen LogP contribution in [-0.4, -0.2) is 0 Å². The Kier molecular flexibility index (Phi) is 4.64. The van der Waals surface area contributed by atoms with Gasteiger partial charge in [0.25, 0.3) is 0 Å². The molecule has 0 spiro atoms. The summed E-state index contributed by atoms with van der Waals surface area (Å²) in [7, 11) is 0. The fraction of sp³-hybridized carbons (Fsp3) is 0.0286. The summed E-state index contributed by atoms with van der Waals surface area (Å²) in [4.78, 5) is 2.38. The van der Waals surface area contributed by atoms with Crippen LogP contribution in [-0.2, 0) is 0 Å². The average Bonchev–Trinajstić information content (AvgIpc) is 3.53. The van der Waals surface area contributed by atoms with E-state index in [4.69, 9.17) is 4.42 Å². The van der Waals surface area contributed by atoms with Gasteiger partial charge >= 0.3 is 0 Å². The quantitative estimate of drug-likeness (QED) is 0.237. The molecule has 0 saturated carbocycles. The van der Waals surface area contributed by atoms with Crippen LogP contribution in [0.2, 0.25) is 0 Å². The lowest BCUT2D eigenvalue weighted by atomic mass is 10.0. The van der Waals surface area contributed by atoms with Gasteiger partial charge in [-0.05, 0) is 48.9 Å². The molecule has 0 aliphatic carbocycles. The van der Waals surface area contributed by atoms with Gasteiger partial charge in [0.1, 0.15) is 5.58 Å². The second kappa shape index (κ2) is 8.20. The molecule has 180 valence electrons. The number of aryl methyl sites for hydroxylation is 1.